The van der Waals surface area contributed by atoms with Crippen LogP contribution < -0.4 is 10.2 Å². The normalized spacial score (nSPS) is 30.4. The second kappa shape index (κ2) is 5.04. The predicted octanol–water partition coefficient (Wildman–Crippen LogP) is 2.16. The Morgan fingerprint density at radius 1 is 1.08 bits per heavy atom. The molecule has 4 rings (SSSR count). The van der Waals surface area contributed by atoms with Gasteiger partial charge < -0.3 is 4.90 Å². The van der Waals surface area contributed by atoms with Crippen LogP contribution in [-0.4, -0.2) is 29.7 Å². The molecule has 3 aliphatic rings. The Morgan fingerprint density at radius 3 is 2.40 bits per heavy atom. The van der Waals surface area contributed by atoms with Gasteiger partial charge in [-0.3, -0.25) is 19.7 Å². The number of carbonyl (C=O) groups excluding carboxylic acids is 3. The molecular weight excluding hydrogens is 316 g/mol. The average molecular weight is 338 g/mol. The van der Waals surface area contributed by atoms with Gasteiger partial charge in [-0.1, -0.05) is 45.0 Å². The van der Waals surface area contributed by atoms with Gasteiger partial charge in [-0.2, -0.15) is 0 Å². The van der Waals surface area contributed by atoms with Crippen LogP contribution in [0.3, 0.4) is 0 Å². The number of hydrogen-bond donors (Lipinski definition) is 1. The van der Waals surface area contributed by atoms with Gasteiger partial charge in [-0.25, -0.2) is 0 Å². The van der Waals surface area contributed by atoms with Gasteiger partial charge in [0.05, 0.1) is 17.9 Å². The summed E-state index contributed by atoms with van der Waals surface area (Å²) in [5, 5.41) is 2.44. The standard InChI is InChI=1S/C20H22N2O3/c1-10-9-13-14-15(19(25)21-18(14)24)16(17(23)20(2,3)4)22(13)12-8-6-5-7-11(10)12/h5-9,13-16H,1-4H3,(H,21,24,25)/t13-,14-,15-,16-/m0/s1. The van der Waals surface area contributed by atoms with Gasteiger partial charge in [0.15, 0.2) is 5.78 Å². The fourth-order valence-electron chi connectivity index (χ4n) is 4.46. The van der Waals surface area contributed by atoms with Crippen LogP contribution in [0.1, 0.15) is 33.3 Å². The third-order valence-corrected chi connectivity index (χ3v) is 5.60. The third-order valence-electron chi connectivity index (χ3n) is 5.60. The summed E-state index contributed by atoms with van der Waals surface area (Å²) in [6.45, 7) is 7.61. The number of allylic oxidation sites excluding steroid dienone is 1. The van der Waals surface area contributed by atoms with Crippen molar-refractivity contribution >= 4 is 28.9 Å². The van der Waals surface area contributed by atoms with Crippen LogP contribution in [0.4, 0.5) is 5.69 Å². The Balaban J connectivity index is 1.93. The van der Waals surface area contributed by atoms with E-state index in [4.69, 9.17) is 0 Å². The highest BCUT2D eigenvalue weighted by molar-refractivity contribution is 6.12. The van der Waals surface area contributed by atoms with Crippen molar-refractivity contribution in [1.82, 2.24) is 5.32 Å². The molecular formula is C20H22N2O3. The molecule has 2 amide bonds. The second-order valence-electron chi connectivity index (χ2n) is 8.23. The summed E-state index contributed by atoms with van der Waals surface area (Å²) in [6.07, 6.45) is 2.04. The van der Waals surface area contributed by atoms with Crippen molar-refractivity contribution in [3.05, 3.63) is 35.9 Å². The van der Waals surface area contributed by atoms with Gasteiger partial charge in [0.1, 0.15) is 6.04 Å². The van der Waals surface area contributed by atoms with Crippen LogP contribution in [0.25, 0.3) is 5.57 Å². The zero-order valence-corrected chi connectivity index (χ0v) is 14.9. The molecule has 0 saturated carbocycles. The minimum Gasteiger partial charge on any atom is -0.353 e. The van der Waals surface area contributed by atoms with Crippen molar-refractivity contribution in [2.24, 2.45) is 17.3 Å². The SMILES string of the molecule is CC1=C[C@H]2[C@@H]3C(=O)NC(=O)[C@@H]3[C@@H](C(=O)C(C)(C)C)N2c2ccccc21. The number of nitrogens with zero attached hydrogens (tertiary/aromatic N) is 1. The number of fused-ring (bicyclic) bond motifs is 5. The average Bonchev–Trinajstić information content (AvgIpc) is 3.02. The summed E-state index contributed by atoms with van der Waals surface area (Å²) in [5.74, 6) is -1.72. The summed E-state index contributed by atoms with van der Waals surface area (Å²) < 4.78 is 0. The molecule has 0 unspecified atom stereocenters. The first-order chi connectivity index (χ1) is 11.7. The van der Waals surface area contributed by atoms with Gasteiger partial charge in [-0.05, 0) is 18.6 Å². The zero-order chi connectivity index (χ0) is 18.1. The van der Waals surface area contributed by atoms with Crippen molar-refractivity contribution in [3.63, 3.8) is 0 Å². The van der Waals surface area contributed by atoms with Gasteiger partial charge in [0, 0.05) is 16.7 Å². The third kappa shape index (κ3) is 2.11. The van der Waals surface area contributed by atoms with Crippen LogP contribution >= 0.6 is 0 Å². The van der Waals surface area contributed by atoms with E-state index in [9.17, 15) is 14.4 Å². The molecule has 25 heavy (non-hydrogen) atoms. The number of rotatable bonds is 1. The number of nitrogens with one attached hydrogen (secondary N) is 1. The Kier molecular flexibility index (Phi) is 3.24. The molecule has 130 valence electrons. The molecule has 1 aromatic carbocycles. The smallest absolute Gasteiger partial charge is 0.233 e. The molecule has 1 N–H and O–H groups in total. The molecule has 4 atom stereocenters. The van der Waals surface area contributed by atoms with Crippen molar-refractivity contribution in [2.75, 3.05) is 4.90 Å². The number of anilines is 1. The van der Waals surface area contributed by atoms with E-state index in [0.717, 1.165) is 16.8 Å². The first kappa shape index (κ1) is 16.1. The molecule has 2 saturated heterocycles. The van der Waals surface area contributed by atoms with Crippen molar-refractivity contribution < 1.29 is 14.4 Å². The lowest BCUT2D eigenvalue weighted by Crippen LogP contribution is -2.51. The minimum atomic E-state index is -0.626. The summed E-state index contributed by atoms with van der Waals surface area (Å²) in [4.78, 5) is 40.2. The van der Waals surface area contributed by atoms with Gasteiger partial charge >= 0.3 is 0 Å². The van der Waals surface area contributed by atoms with Crippen molar-refractivity contribution in [3.8, 4) is 0 Å². The van der Waals surface area contributed by atoms with Crippen molar-refractivity contribution in [1.29, 1.82) is 0 Å². The first-order valence-electron chi connectivity index (χ1n) is 8.67. The van der Waals surface area contributed by atoms with E-state index in [2.05, 4.69) is 5.32 Å². The zero-order valence-electron chi connectivity index (χ0n) is 14.9. The Hall–Kier alpha value is -2.43. The van der Waals surface area contributed by atoms with Crippen LogP contribution in [0.5, 0.6) is 0 Å². The lowest BCUT2D eigenvalue weighted by atomic mass is 9.79. The van der Waals surface area contributed by atoms with Crippen molar-refractivity contribution in [2.45, 2.75) is 39.8 Å². The number of para-hydroxylation sites is 1. The van der Waals surface area contributed by atoms with Crippen LogP contribution in [0.2, 0.25) is 0 Å². The Morgan fingerprint density at radius 2 is 1.72 bits per heavy atom. The van der Waals surface area contributed by atoms with Crippen LogP contribution in [0.15, 0.2) is 30.3 Å². The predicted molar refractivity (Wildman–Crippen MR) is 94.7 cm³/mol. The van der Waals surface area contributed by atoms with E-state index in [1.807, 2.05) is 62.9 Å². The largest absolute Gasteiger partial charge is 0.353 e. The number of carbonyl (C=O) groups is 3. The van der Waals surface area contributed by atoms with E-state index in [1.54, 1.807) is 0 Å². The Bertz CT molecular complexity index is 834. The maximum Gasteiger partial charge on any atom is 0.233 e. The highest BCUT2D eigenvalue weighted by atomic mass is 16.2. The molecule has 0 aliphatic carbocycles. The molecule has 5 heteroatoms. The number of benzene rings is 1. The number of Topliss-reactive ketones (excluding diaryl/α,β-unsaturated/α-hetero) is 1. The number of hydrogen-bond acceptors (Lipinski definition) is 4. The van der Waals surface area contributed by atoms with E-state index in [1.165, 1.54) is 0 Å². The maximum absolute atomic E-state index is 13.3. The Labute approximate surface area is 147 Å². The summed E-state index contributed by atoms with van der Waals surface area (Å²) in [7, 11) is 0. The lowest BCUT2D eigenvalue weighted by Gasteiger charge is -2.39. The number of imide groups is 1. The molecule has 3 heterocycles. The lowest BCUT2D eigenvalue weighted by molar-refractivity contribution is -0.132. The van der Waals surface area contributed by atoms with E-state index >= 15 is 0 Å². The second-order valence-corrected chi connectivity index (χ2v) is 8.23. The van der Waals surface area contributed by atoms with E-state index < -0.39 is 23.3 Å². The maximum atomic E-state index is 13.3. The molecule has 0 radical (unpaired) electrons. The fraction of sp³-hybridized carbons (Fsp3) is 0.450. The number of amides is 2. The van der Waals surface area contributed by atoms with E-state index in [-0.39, 0.29) is 23.6 Å². The number of ketones is 1. The molecule has 3 aliphatic heterocycles. The molecule has 1 aromatic rings. The molecule has 0 bridgehead atoms. The summed E-state index contributed by atoms with van der Waals surface area (Å²) >= 11 is 0. The minimum absolute atomic E-state index is 0.00222. The fourth-order valence-corrected chi connectivity index (χ4v) is 4.46. The molecule has 2 fully saturated rings. The van der Waals surface area contributed by atoms with Gasteiger partial charge in [0.25, 0.3) is 0 Å². The quantitative estimate of drug-likeness (QED) is 0.797. The molecule has 0 aromatic heterocycles. The van der Waals surface area contributed by atoms with Gasteiger partial charge in [0.2, 0.25) is 11.8 Å². The van der Waals surface area contributed by atoms with Crippen LogP contribution in [0, 0.1) is 17.3 Å². The van der Waals surface area contributed by atoms with Gasteiger partial charge in [-0.15, -0.1) is 0 Å². The molecule has 5 nitrogen and oxygen atoms in total. The summed E-state index contributed by atoms with van der Waals surface area (Å²) in [5.41, 5.74) is 2.47. The summed E-state index contributed by atoms with van der Waals surface area (Å²) in [6, 6.07) is 7.02. The van der Waals surface area contributed by atoms with E-state index in [0.29, 0.717) is 0 Å². The first-order valence-corrected chi connectivity index (χ1v) is 8.67. The monoisotopic (exact) mass is 338 g/mol. The van der Waals surface area contributed by atoms with Crippen LogP contribution in [-0.2, 0) is 14.4 Å². The topological polar surface area (TPSA) is 66.5 Å². The molecule has 0 spiro atoms. The highest BCUT2D eigenvalue weighted by Crippen LogP contribution is 2.49. The highest BCUT2D eigenvalue weighted by Gasteiger charge is 2.62.